The molecule has 5 heteroatoms. The standard InChI is InChI=1S/C40H50N2O2S/c1-3-5-7-9-11-13-15-17-29-43-35-24-19-33(20-25-35)21-28-39-37(31-41)38(32-42)40(45-39)34-22-26-36(27-23-34)44-30-18-16-14-12-10-8-6-4-2/h19-20,22-27H,3-18,29-30H2,1-2H3. The zero-order valence-electron chi connectivity index (χ0n) is 27.5. The van der Waals surface area contributed by atoms with Gasteiger partial charge in [0.15, 0.2) is 0 Å². The highest BCUT2D eigenvalue weighted by Crippen LogP contribution is 2.36. The Morgan fingerprint density at radius 3 is 1.44 bits per heavy atom. The number of benzene rings is 2. The molecule has 0 atom stereocenters. The summed E-state index contributed by atoms with van der Waals surface area (Å²) >= 11 is 1.39. The number of rotatable bonds is 21. The third-order valence-corrected chi connectivity index (χ3v) is 9.11. The molecular formula is C40H50N2O2S. The smallest absolute Gasteiger partial charge is 0.119 e. The van der Waals surface area contributed by atoms with E-state index in [1.807, 2.05) is 48.5 Å². The van der Waals surface area contributed by atoms with Gasteiger partial charge in [0.1, 0.15) is 23.6 Å². The zero-order chi connectivity index (χ0) is 32.0. The minimum atomic E-state index is 0.338. The first-order valence-corrected chi connectivity index (χ1v) is 18.0. The van der Waals surface area contributed by atoms with Crippen molar-refractivity contribution in [3.05, 3.63) is 70.1 Å². The first-order chi connectivity index (χ1) is 22.2. The van der Waals surface area contributed by atoms with E-state index < -0.39 is 0 Å². The second kappa shape index (κ2) is 21.9. The molecule has 0 unspecified atom stereocenters. The van der Waals surface area contributed by atoms with Gasteiger partial charge in [-0.25, -0.2) is 0 Å². The maximum absolute atomic E-state index is 9.90. The van der Waals surface area contributed by atoms with Gasteiger partial charge in [0.25, 0.3) is 0 Å². The predicted molar refractivity (Wildman–Crippen MR) is 188 cm³/mol. The van der Waals surface area contributed by atoms with Gasteiger partial charge in [-0.3, -0.25) is 0 Å². The normalized spacial score (nSPS) is 10.5. The highest BCUT2D eigenvalue weighted by atomic mass is 32.1. The predicted octanol–water partition coefficient (Wildman–Crippen LogP) is 11.6. The van der Waals surface area contributed by atoms with Crippen LogP contribution in [-0.4, -0.2) is 13.2 Å². The summed E-state index contributed by atoms with van der Waals surface area (Å²) in [5.41, 5.74) is 2.44. The number of nitrogens with zero attached hydrogens (tertiary/aromatic N) is 2. The molecule has 0 bridgehead atoms. The van der Waals surface area contributed by atoms with Crippen LogP contribution in [0.1, 0.15) is 138 Å². The van der Waals surface area contributed by atoms with Crippen LogP contribution in [0.15, 0.2) is 48.5 Å². The second-order valence-electron chi connectivity index (χ2n) is 11.7. The molecule has 0 N–H and O–H groups in total. The summed E-state index contributed by atoms with van der Waals surface area (Å²) in [5, 5.41) is 19.8. The summed E-state index contributed by atoms with van der Waals surface area (Å²) in [6.07, 6.45) is 20.4. The Hall–Kier alpha value is -3.72. The summed E-state index contributed by atoms with van der Waals surface area (Å²) in [7, 11) is 0. The van der Waals surface area contributed by atoms with E-state index in [0.29, 0.717) is 22.6 Å². The van der Waals surface area contributed by atoms with Crippen LogP contribution in [0, 0.1) is 34.5 Å². The van der Waals surface area contributed by atoms with E-state index >= 15 is 0 Å². The van der Waals surface area contributed by atoms with Crippen LogP contribution in [0.25, 0.3) is 10.4 Å². The van der Waals surface area contributed by atoms with Crippen molar-refractivity contribution in [2.45, 2.75) is 117 Å². The van der Waals surface area contributed by atoms with Crippen molar-refractivity contribution in [1.82, 2.24) is 0 Å². The molecule has 0 saturated carbocycles. The lowest BCUT2D eigenvalue weighted by atomic mass is 10.1. The SMILES string of the molecule is CCCCCCCCCCOc1ccc(C#Cc2sc(-c3ccc(OCCCCCCCCCC)cc3)c(C#N)c2C#N)cc1. The van der Waals surface area contributed by atoms with Crippen molar-refractivity contribution in [3.8, 4) is 45.9 Å². The minimum Gasteiger partial charge on any atom is -0.494 e. The summed E-state index contributed by atoms with van der Waals surface area (Å²) in [5.74, 6) is 7.98. The summed E-state index contributed by atoms with van der Waals surface area (Å²) in [6.45, 7) is 5.94. The number of hydrogen-bond donors (Lipinski definition) is 0. The molecule has 238 valence electrons. The molecule has 1 aromatic heterocycles. The Labute approximate surface area is 276 Å². The van der Waals surface area contributed by atoms with E-state index in [0.717, 1.165) is 47.0 Å². The van der Waals surface area contributed by atoms with Gasteiger partial charge in [0.2, 0.25) is 0 Å². The fraction of sp³-hybridized carbons (Fsp3) is 0.500. The van der Waals surface area contributed by atoms with Crippen LogP contribution >= 0.6 is 11.3 Å². The zero-order valence-corrected chi connectivity index (χ0v) is 28.3. The van der Waals surface area contributed by atoms with Crippen molar-refractivity contribution < 1.29 is 9.47 Å². The first-order valence-electron chi connectivity index (χ1n) is 17.1. The molecule has 45 heavy (non-hydrogen) atoms. The number of thiophene rings is 1. The van der Waals surface area contributed by atoms with Crippen LogP contribution in [0.5, 0.6) is 11.5 Å². The second-order valence-corrected chi connectivity index (χ2v) is 12.7. The molecule has 2 aromatic carbocycles. The van der Waals surface area contributed by atoms with Gasteiger partial charge < -0.3 is 9.47 Å². The fourth-order valence-corrected chi connectivity index (χ4v) is 6.31. The lowest BCUT2D eigenvalue weighted by Crippen LogP contribution is -1.97. The Morgan fingerprint density at radius 1 is 0.533 bits per heavy atom. The van der Waals surface area contributed by atoms with E-state index in [-0.39, 0.29) is 0 Å². The van der Waals surface area contributed by atoms with E-state index in [9.17, 15) is 10.5 Å². The van der Waals surface area contributed by atoms with Crippen LogP contribution < -0.4 is 9.47 Å². The van der Waals surface area contributed by atoms with E-state index in [2.05, 4.69) is 37.8 Å². The highest BCUT2D eigenvalue weighted by Gasteiger charge is 2.18. The lowest BCUT2D eigenvalue weighted by molar-refractivity contribution is 0.304. The number of hydrogen-bond acceptors (Lipinski definition) is 5. The van der Waals surface area contributed by atoms with Gasteiger partial charge in [-0.15, -0.1) is 11.3 Å². The summed E-state index contributed by atoms with van der Waals surface area (Å²) in [4.78, 5) is 1.37. The maximum Gasteiger partial charge on any atom is 0.119 e. The molecule has 1 heterocycles. The summed E-state index contributed by atoms with van der Waals surface area (Å²) < 4.78 is 11.9. The van der Waals surface area contributed by atoms with Crippen molar-refractivity contribution in [2.24, 2.45) is 0 Å². The van der Waals surface area contributed by atoms with Gasteiger partial charge >= 0.3 is 0 Å². The Bertz CT molecular complexity index is 1400. The van der Waals surface area contributed by atoms with Crippen molar-refractivity contribution >= 4 is 11.3 Å². The quantitative estimate of drug-likeness (QED) is 0.0875. The van der Waals surface area contributed by atoms with E-state index in [4.69, 9.17) is 9.47 Å². The van der Waals surface area contributed by atoms with Crippen molar-refractivity contribution in [1.29, 1.82) is 10.5 Å². The molecule has 0 saturated heterocycles. The van der Waals surface area contributed by atoms with Gasteiger partial charge in [0, 0.05) is 5.56 Å². The van der Waals surface area contributed by atoms with Gasteiger partial charge in [-0.2, -0.15) is 10.5 Å². The molecule has 3 aromatic rings. The largest absolute Gasteiger partial charge is 0.494 e. The molecule has 0 fully saturated rings. The third kappa shape index (κ3) is 13.0. The average Bonchev–Trinajstić information content (AvgIpc) is 3.44. The molecule has 0 spiro atoms. The molecular weight excluding hydrogens is 573 g/mol. The minimum absolute atomic E-state index is 0.338. The monoisotopic (exact) mass is 622 g/mol. The van der Waals surface area contributed by atoms with Gasteiger partial charge in [-0.05, 0) is 72.9 Å². The van der Waals surface area contributed by atoms with Gasteiger partial charge in [0.05, 0.1) is 34.1 Å². The molecule has 0 amide bonds. The lowest BCUT2D eigenvalue weighted by Gasteiger charge is -2.07. The third-order valence-electron chi connectivity index (χ3n) is 7.96. The van der Waals surface area contributed by atoms with Crippen LogP contribution in [-0.2, 0) is 0 Å². The molecule has 3 rings (SSSR count). The Balaban J connectivity index is 1.50. The summed E-state index contributed by atoms with van der Waals surface area (Å²) in [6, 6.07) is 20.0. The Kier molecular flexibility index (Phi) is 17.4. The van der Waals surface area contributed by atoms with Crippen molar-refractivity contribution in [3.63, 3.8) is 0 Å². The van der Waals surface area contributed by atoms with Crippen LogP contribution in [0.3, 0.4) is 0 Å². The average molecular weight is 623 g/mol. The Morgan fingerprint density at radius 2 is 0.978 bits per heavy atom. The maximum atomic E-state index is 9.90. The first kappa shape index (κ1) is 35.8. The van der Waals surface area contributed by atoms with Crippen LogP contribution in [0.2, 0.25) is 0 Å². The number of ether oxygens (including phenoxy) is 2. The number of unbranched alkanes of at least 4 members (excludes halogenated alkanes) is 14. The topological polar surface area (TPSA) is 66.0 Å². The van der Waals surface area contributed by atoms with E-state index in [1.54, 1.807) is 0 Å². The van der Waals surface area contributed by atoms with Gasteiger partial charge in [-0.1, -0.05) is 110 Å². The van der Waals surface area contributed by atoms with E-state index in [1.165, 1.54) is 101 Å². The molecule has 0 aliphatic rings. The highest BCUT2D eigenvalue weighted by molar-refractivity contribution is 7.16. The fourth-order valence-electron chi connectivity index (χ4n) is 5.25. The van der Waals surface area contributed by atoms with Crippen molar-refractivity contribution in [2.75, 3.05) is 13.2 Å². The van der Waals surface area contributed by atoms with Crippen LogP contribution in [0.4, 0.5) is 0 Å². The molecule has 0 aliphatic carbocycles. The molecule has 0 aliphatic heterocycles. The molecule has 4 nitrogen and oxygen atoms in total. The number of nitriles is 2. The molecule has 0 radical (unpaired) electrons.